The highest BCUT2D eigenvalue weighted by Gasteiger charge is 2.34. The summed E-state index contributed by atoms with van der Waals surface area (Å²) >= 11 is 0.910. The first-order valence-corrected chi connectivity index (χ1v) is 11.0. The van der Waals surface area contributed by atoms with Crippen LogP contribution in [0.4, 0.5) is 4.79 Å². The van der Waals surface area contributed by atoms with Gasteiger partial charge in [0.25, 0.3) is 17.1 Å². The van der Waals surface area contributed by atoms with Crippen LogP contribution in [0.15, 0.2) is 65.6 Å². The second-order valence-electron chi connectivity index (χ2n) is 7.29. The fourth-order valence-electron chi connectivity index (χ4n) is 3.55. The van der Waals surface area contributed by atoms with E-state index in [-0.39, 0.29) is 30.1 Å². The van der Waals surface area contributed by atoms with E-state index in [0.29, 0.717) is 16.2 Å². The molecule has 3 aromatic rings. The Morgan fingerprint density at radius 3 is 2.38 bits per heavy atom. The standard InChI is InChI=1S/C24H22N4O3S/c1-16-21(17(2)28(26-16)19-11-7-4-8-12-19)22(29)25-13-14-27-23(30)20(32-24(27)31)15-18-9-5-3-6-10-18/h3-12,15H,13-14H2,1-2H3,(H,25,29)/b20-15-. The van der Waals surface area contributed by atoms with Crippen LogP contribution in [-0.4, -0.2) is 44.8 Å². The Morgan fingerprint density at radius 1 is 1.03 bits per heavy atom. The molecule has 8 heteroatoms. The van der Waals surface area contributed by atoms with E-state index in [4.69, 9.17) is 0 Å². The first-order valence-electron chi connectivity index (χ1n) is 10.2. The molecule has 0 spiro atoms. The number of hydrogen-bond acceptors (Lipinski definition) is 5. The van der Waals surface area contributed by atoms with Crippen LogP contribution in [0.25, 0.3) is 11.8 Å². The molecule has 4 rings (SSSR count). The van der Waals surface area contributed by atoms with Gasteiger partial charge in [-0.05, 0) is 49.4 Å². The van der Waals surface area contributed by atoms with E-state index in [9.17, 15) is 14.4 Å². The SMILES string of the molecule is Cc1nn(-c2ccccc2)c(C)c1C(=O)NCCN1C(=O)S/C(=C\c2ccccc2)C1=O. The summed E-state index contributed by atoms with van der Waals surface area (Å²) in [6.07, 6.45) is 1.70. The van der Waals surface area contributed by atoms with Crippen molar-refractivity contribution in [1.82, 2.24) is 20.0 Å². The first-order chi connectivity index (χ1) is 15.5. The van der Waals surface area contributed by atoms with Crippen molar-refractivity contribution in [2.45, 2.75) is 13.8 Å². The molecule has 1 fully saturated rings. The van der Waals surface area contributed by atoms with Crippen molar-refractivity contribution in [3.63, 3.8) is 0 Å². The summed E-state index contributed by atoms with van der Waals surface area (Å²) in [5.41, 5.74) is 3.55. The van der Waals surface area contributed by atoms with E-state index in [1.165, 1.54) is 0 Å². The minimum absolute atomic E-state index is 0.105. The number of nitrogens with one attached hydrogen (secondary N) is 1. The number of aromatic nitrogens is 2. The summed E-state index contributed by atoms with van der Waals surface area (Å²) < 4.78 is 1.73. The van der Waals surface area contributed by atoms with Gasteiger partial charge in [-0.2, -0.15) is 5.10 Å². The molecular formula is C24H22N4O3S. The maximum atomic E-state index is 12.8. The predicted octanol–water partition coefficient (Wildman–Crippen LogP) is 3.96. The van der Waals surface area contributed by atoms with Gasteiger partial charge in [0.2, 0.25) is 0 Å². The van der Waals surface area contributed by atoms with Crippen LogP contribution >= 0.6 is 11.8 Å². The van der Waals surface area contributed by atoms with Gasteiger partial charge in [-0.25, -0.2) is 4.68 Å². The molecule has 2 heterocycles. The molecule has 0 atom stereocenters. The Labute approximate surface area is 190 Å². The molecule has 32 heavy (non-hydrogen) atoms. The number of benzene rings is 2. The molecule has 1 saturated heterocycles. The lowest BCUT2D eigenvalue weighted by molar-refractivity contribution is -0.122. The van der Waals surface area contributed by atoms with Crippen molar-refractivity contribution in [3.8, 4) is 5.69 Å². The third-order valence-corrected chi connectivity index (χ3v) is 6.02. The van der Waals surface area contributed by atoms with Gasteiger partial charge in [-0.15, -0.1) is 0 Å². The van der Waals surface area contributed by atoms with E-state index in [1.54, 1.807) is 17.7 Å². The molecule has 1 aliphatic heterocycles. The number of amides is 3. The molecule has 1 aromatic heterocycles. The normalized spacial score (nSPS) is 14.9. The fraction of sp³-hybridized carbons (Fsp3) is 0.167. The van der Waals surface area contributed by atoms with Crippen LogP contribution in [0.3, 0.4) is 0 Å². The molecular weight excluding hydrogens is 424 g/mol. The molecule has 0 saturated carbocycles. The number of imide groups is 1. The highest BCUT2D eigenvalue weighted by atomic mass is 32.2. The van der Waals surface area contributed by atoms with Crippen molar-refractivity contribution in [2.24, 2.45) is 0 Å². The number of carbonyl (C=O) groups is 3. The topological polar surface area (TPSA) is 84.3 Å². The van der Waals surface area contributed by atoms with E-state index in [2.05, 4.69) is 10.4 Å². The minimum Gasteiger partial charge on any atom is -0.350 e. The quantitative estimate of drug-likeness (QED) is 0.580. The van der Waals surface area contributed by atoms with Crippen LogP contribution in [0.2, 0.25) is 0 Å². The first kappa shape index (κ1) is 21.6. The lowest BCUT2D eigenvalue weighted by Gasteiger charge is -2.13. The smallest absolute Gasteiger partial charge is 0.293 e. The summed E-state index contributed by atoms with van der Waals surface area (Å²) in [7, 11) is 0. The van der Waals surface area contributed by atoms with Gasteiger partial charge in [0.15, 0.2) is 0 Å². The minimum atomic E-state index is -0.345. The average molecular weight is 447 g/mol. The number of rotatable bonds is 6. The van der Waals surface area contributed by atoms with E-state index >= 15 is 0 Å². The Bertz CT molecular complexity index is 1200. The van der Waals surface area contributed by atoms with Crippen molar-refractivity contribution in [1.29, 1.82) is 0 Å². The zero-order valence-electron chi connectivity index (χ0n) is 17.7. The van der Waals surface area contributed by atoms with Crippen molar-refractivity contribution < 1.29 is 14.4 Å². The second kappa shape index (κ2) is 9.23. The number of para-hydroxylation sites is 1. The van der Waals surface area contributed by atoms with Crippen LogP contribution in [-0.2, 0) is 4.79 Å². The third-order valence-electron chi connectivity index (χ3n) is 5.11. The Hall–Kier alpha value is -3.65. The maximum absolute atomic E-state index is 12.8. The predicted molar refractivity (Wildman–Crippen MR) is 124 cm³/mol. The van der Waals surface area contributed by atoms with E-state index in [0.717, 1.165) is 33.6 Å². The zero-order valence-corrected chi connectivity index (χ0v) is 18.6. The zero-order chi connectivity index (χ0) is 22.7. The molecule has 0 radical (unpaired) electrons. The van der Waals surface area contributed by atoms with Gasteiger partial charge in [-0.1, -0.05) is 48.5 Å². The lowest BCUT2D eigenvalue weighted by Crippen LogP contribution is -2.37. The summed E-state index contributed by atoms with van der Waals surface area (Å²) in [4.78, 5) is 39.3. The number of nitrogens with zero attached hydrogens (tertiary/aromatic N) is 3. The summed E-state index contributed by atoms with van der Waals surface area (Å²) in [5.74, 6) is -0.628. The molecule has 2 aromatic carbocycles. The molecule has 0 aliphatic carbocycles. The van der Waals surface area contributed by atoms with Crippen LogP contribution in [0.5, 0.6) is 0 Å². The average Bonchev–Trinajstić information content (AvgIpc) is 3.24. The van der Waals surface area contributed by atoms with E-state index < -0.39 is 0 Å². The van der Waals surface area contributed by atoms with Gasteiger partial charge >= 0.3 is 0 Å². The lowest BCUT2D eigenvalue weighted by atomic mass is 10.2. The largest absolute Gasteiger partial charge is 0.350 e. The van der Waals surface area contributed by atoms with Crippen molar-refractivity contribution in [2.75, 3.05) is 13.1 Å². The Morgan fingerprint density at radius 2 is 1.69 bits per heavy atom. The monoisotopic (exact) mass is 446 g/mol. The number of thioether (sulfide) groups is 1. The highest BCUT2D eigenvalue weighted by molar-refractivity contribution is 8.18. The second-order valence-corrected chi connectivity index (χ2v) is 8.29. The maximum Gasteiger partial charge on any atom is 0.293 e. The van der Waals surface area contributed by atoms with Crippen LogP contribution in [0, 0.1) is 13.8 Å². The fourth-order valence-corrected chi connectivity index (χ4v) is 4.42. The molecule has 3 amide bonds. The molecule has 0 unspecified atom stereocenters. The van der Waals surface area contributed by atoms with E-state index in [1.807, 2.05) is 67.6 Å². The van der Waals surface area contributed by atoms with Gasteiger partial charge in [0, 0.05) is 13.1 Å². The van der Waals surface area contributed by atoms with Gasteiger partial charge in [0.05, 0.1) is 27.5 Å². The summed E-state index contributed by atoms with van der Waals surface area (Å²) in [5, 5.41) is 6.96. The number of hydrogen-bond donors (Lipinski definition) is 1. The number of aryl methyl sites for hydroxylation is 1. The Kier molecular flexibility index (Phi) is 6.23. The molecule has 1 aliphatic rings. The molecule has 7 nitrogen and oxygen atoms in total. The molecule has 0 bridgehead atoms. The Balaban J connectivity index is 1.40. The molecule has 1 N–H and O–H groups in total. The highest BCUT2D eigenvalue weighted by Crippen LogP contribution is 2.31. The van der Waals surface area contributed by atoms with Crippen LogP contribution in [0.1, 0.15) is 27.3 Å². The summed E-state index contributed by atoms with van der Waals surface area (Å²) in [6.45, 7) is 3.89. The molecule has 162 valence electrons. The third kappa shape index (κ3) is 4.36. The van der Waals surface area contributed by atoms with Crippen LogP contribution < -0.4 is 5.32 Å². The van der Waals surface area contributed by atoms with Gasteiger partial charge < -0.3 is 5.32 Å². The van der Waals surface area contributed by atoms with Crippen molar-refractivity contribution in [3.05, 3.63) is 88.1 Å². The summed E-state index contributed by atoms with van der Waals surface area (Å²) in [6, 6.07) is 18.9. The van der Waals surface area contributed by atoms with Crippen molar-refractivity contribution >= 4 is 34.9 Å². The number of carbonyl (C=O) groups excluding carboxylic acids is 3. The van der Waals surface area contributed by atoms with Gasteiger partial charge in [0.1, 0.15) is 0 Å². The van der Waals surface area contributed by atoms with Gasteiger partial charge in [-0.3, -0.25) is 19.3 Å².